The summed E-state index contributed by atoms with van der Waals surface area (Å²) in [4.78, 5) is 0. The van der Waals surface area contributed by atoms with E-state index in [0.29, 0.717) is 5.92 Å². The maximum atomic E-state index is 5.31. The fourth-order valence-corrected chi connectivity index (χ4v) is 1.67. The van der Waals surface area contributed by atoms with Crippen molar-refractivity contribution in [2.75, 3.05) is 13.2 Å². The Labute approximate surface area is 85.4 Å². The topological polar surface area (TPSA) is 9.23 Å². The number of rotatable bonds is 2. The van der Waals surface area contributed by atoms with Crippen LogP contribution in [0.5, 0.6) is 0 Å². The molecule has 0 saturated carbocycles. The van der Waals surface area contributed by atoms with E-state index in [2.05, 4.69) is 30.4 Å². The highest BCUT2D eigenvalue weighted by molar-refractivity contribution is 5.48. The molecule has 1 fully saturated rings. The highest BCUT2D eigenvalue weighted by atomic mass is 16.5. The second kappa shape index (κ2) is 4.97. The van der Waals surface area contributed by atoms with Crippen LogP contribution in [0, 0.1) is 12.0 Å². The number of allylic oxidation sites excluding steroid dienone is 1. The van der Waals surface area contributed by atoms with E-state index < -0.39 is 0 Å². The van der Waals surface area contributed by atoms with E-state index >= 15 is 0 Å². The minimum atomic E-state index is 0.702. The minimum absolute atomic E-state index is 0.702. The van der Waals surface area contributed by atoms with Gasteiger partial charge in [0.15, 0.2) is 0 Å². The van der Waals surface area contributed by atoms with Gasteiger partial charge in [-0.1, -0.05) is 36.4 Å². The molecule has 2 rings (SSSR count). The molecule has 0 aromatic heterocycles. The molecule has 1 aromatic rings. The average Bonchev–Trinajstić information content (AvgIpc) is 2.29. The van der Waals surface area contributed by atoms with Gasteiger partial charge >= 0.3 is 0 Å². The molecule has 1 saturated heterocycles. The van der Waals surface area contributed by atoms with Gasteiger partial charge < -0.3 is 4.74 Å². The third kappa shape index (κ3) is 2.71. The summed E-state index contributed by atoms with van der Waals surface area (Å²) >= 11 is 0. The standard InChI is InChI=1S/C13H15O/c1-2-4-12(5-3-1)6-7-13-8-10-14-11-9-13/h2-7,13H,8-11H2/b7-6+. The first-order valence-corrected chi connectivity index (χ1v) is 5.17. The predicted molar refractivity (Wildman–Crippen MR) is 57.9 cm³/mol. The van der Waals surface area contributed by atoms with Gasteiger partial charge in [0.25, 0.3) is 0 Å². The molecule has 1 aliphatic rings. The van der Waals surface area contributed by atoms with Crippen LogP contribution in [-0.4, -0.2) is 13.2 Å². The number of hydrogen-bond acceptors (Lipinski definition) is 1. The van der Waals surface area contributed by atoms with Gasteiger partial charge in [0.2, 0.25) is 0 Å². The summed E-state index contributed by atoms with van der Waals surface area (Å²) in [6.45, 7) is 1.83. The van der Waals surface area contributed by atoms with E-state index in [-0.39, 0.29) is 0 Å². The van der Waals surface area contributed by atoms with Gasteiger partial charge in [0, 0.05) is 13.2 Å². The summed E-state index contributed by atoms with van der Waals surface area (Å²) in [5, 5.41) is 0. The molecule has 0 unspecified atom stereocenters. The van der Waals surface area contributed by atoms with E-state index in [1.807, 2.05) is 12.1 Å². The smallest absolute Gasteiger partial charge is 0.0471 e. The number of benzene rings is 1. The van der Waals surface area contributed by atoms with E-state index in [0.717, 1.165) is 26.1 Å². The molecule has 1 aliphatic heterocycles. The summed E-state index contributed by atoms with van der Waals surface area (Å²) in [7, 11) is 0. The Morgan fingerprint density at radius 3 is 2.64 bits per heavy atom. The zero-order valence-electron chi connectivity index (χ0n) is 8.28. The van der Waals surface area contributed by atoms with Crippen LogP contribution in [-0.2, 0) is 4.74 Å². The third-order valence-corrected chi connectivity index (χ3v) is 2.57. The molecular formula is C13H15O. The average molecular weight is 187 g/mol. The lowest BCUT2D eigenvalue weighted by Gasteiger charge is -2.18. The predicted octanol–water partition coefficient (Wildman–Crippen LogP) is 2.93. The van der Waals surface area contributed by atoms with Crippen molar-refractivity contribution in [3.05, 3.63) is 42.0 Å². The van der Waals surface area contributed by atoms with Crippen LogP contribution < -0.4 is 0 Å². The van der Waals surface area contributed by atoms with Gasteiger partial charge in [0.1, 0.15) is 0 Å². The van der Waals surface area contributed by atoms with Crippen LogP contribution in [0.3, 0.4) is 0 Å². The monoisotopic (exact) mass is 187 g/mol. The van der Waals surface area contributed by atoms with E-state index in [1.54, 1.807) is 0 Å². The van der Waals surface area contributed by atoms with Gasteiger partial charge in [-0.25, -0.2) is 0 Å². The van der Waals surface area contributed by atoms with E-state index in [9.17, 15) is 0 Å². The molecular weight excluding hydrogens is 172 g/mol. The Morgan fingerprint density at radius 2 is 1.93 bits per heavy atom. The lowest BCUT2D eigenvalue weighted by atomic mass is 9.99. The molecule has 0 amide bonds. The molecule has 1 radical (unpaired) electrons. The largest absolute Gasteiger partial charge is 0.381 e. The molecule has 0 atom stereocenters. The van der Waals surface area contributed by atoms with Gasteiger partial charge in [-0.05, 0) is 30.4 Å². The number of ether oxygens (including phenoxy) is 1. The van der Waals surface area contributed by atoms with Gasteiger partial charge in [-0.15, -0.1) is 0 Å². The van der Waals surface area contributed by atoms with Crippen LogP contribution in [0.25, 0.3) is 6.08 Å². The lowest BCUT2D eigenvalue weighted by molar-refractivity contribution is 0.0787. The van der Waals surface area contributed by atoms with Crippen LogP contribution >= 0.6 is 0 Å². The van der Waals surface area contributed by atoms with Crippen molar-refractivity contribution >= 4 is 6.08 Å². The lowest BCUT2D eigenvalue weighted by Crippen LogP contribution is -2.13. The molecule has 1 heterocycles. The Kier molecular flexibility index (Phi) is 3.36. The van der Waals surface area contributed by atoms with Crippen molar-refractivity contribution in [1.29, 1.82) is 0 Å². The fourth-order valence-electron chi connectivity index (χ4n) is 1.67. The van der Waals surface area contributed by atoms with Crippen LogP contribution in [0.15, 0.2) is 30.3 Å². The van der Waals surface area contributed by atoms with Gasteiger partial charge in [0.05, 0.1) is 0 Å². The van der Waals surface area contributed by atoms with Crippen molar-refractivity contribution in [1.82, 2.24) is 0 Å². The summed E-state index contributed by atoms with van der Waals surface area (Å²) < 4.78 is 5.31. The first-order valence-electron chi connectivity index (χ1n) is 5.17. The van der Waals surface area contributed by atoms with Crippen molar-refractivity contribution in [3.63, 3.8) is 0 Å². The molecule has 1 aromatic carbocycles. The van der Waals surface area contributed by atoms with E-state index in [4.69, 9.17) is 4.74 Å². The van der Waals surface area contributed by atoms with Crippen LogP contribution in [0.1, 0.15) is 18.4 Å². The van der Waals surface area contributed by atoms with Crippen molar-refractivity contribution in [2.45, 2.75) is 12.8 Å². The molecule has 73 valence electrons. The molecule has 0 N–H and O–H groups in total. The summed E-state index contributed by atoms with van der Waals surface area (Å²) in [5.41, 5.74) is 1.26. The van der Waals surface area contributed by atoms with Crippen molar-refractivity contribution in [2.24, 2.45) is 5.92 Å². The second-order valence-electron chi connectivity index (χ2n) is 3.64. The Bertz CT molecular complexity index is 283. The summed E-state index contributed by atoms with van der Waals surface area (Å²) in [6, 6.07) is 11.1. The first-order chi connectivity index (χ1) is 6.95. The van der Waals surface area contributed by atoms with Crippen LogP contribution in [0.4, 0.5) is 0 Å². The Balaban J connectivity index is 1.93. The fraction of sp³-hybridized carbons (Fsp3) is 0.385. The quantitative estimate of drug-likeness (QED) is 0.691. The Morgan fingerprint density at radius 1 is 1.21 bits per heavy atom. The minimum Gasteiger partial charge on any atom is -0.381 e. The second-order valence-corrected chi connectivity index (χ2v) is 3.64. The molecule has 14 heavy (non-hydrogen) atoms. The highest BCUT2D eigenvalue weighted by Gasteiger charge is 2.09. The maximum absolute atomic E-state index is 5.31. The zero-order valence-corrected chi connectivity index (χ0v) is 8.28. The number of hydrogen-bond donors (Lipinski definition) is 0. The third-order valence-electron chi connectivity index (χ3n) is 2.57. The molecule has 0 aliphatic carbocycles. The normalized spacial score (nSPS) is 18.9. The van der Waals surface area contributed by atoms with E-state index in [1.165, 1.54) is 5.56 Å². The summed E-state index contributed by atoms with van der Waals surface area (Å²) in [6.07, 6.45) is 6.83. The first kappa shape index (κ1) is 9.47. The SMILES string of the molecule is [c]1ccc(/C=C/C2CCOCC2)cc1. The maximum Gasteiger partial charge on any atom is 0.0471 e. The Hall–Kier alpha value is -1.08. The molecule has 0 bridgehead atoms. The van der Waals surface area contributed by atoms with Gasteiger partial charge in [-0.2, -0.15) is 0 Å². The molecule has 0 spiro atoms. The van der Waals surface area contributed by atoms with Gasteiger partial charge in [-0.3, -0.25) is 0 Å². The molecule has 1 nitrogen and oxygen atoms in total. The highest BCUT2D eigenvalue weighted by Crippen LogP contribution is 2.17. The zero-order chi connectivity index (χ0) is 9.64. The van der Waals surface area contributed by atoms with Crippen LogP contribution in [0.2, 0.25) is 0 Å². The molecule has 1 heteroatoms. The van der Waals surface area contributed by atoms with Crippen molar-refractivity contribution in [3.8, 4) is 0 Å². The summed E-state index contributed by atoms with van der Waals surface area (Å²) in [5.74, 6) is 0.702. The van der Waals surface area contributed by atoms with Crippen molar-refractivity contribution < 1.29 is 4.74 Å².